The molecule has 0 saturated heterocycles. The van der Waals surface area contributed by atoms with Crippen LogP contribution in [0.5, 0.6) is 5.75 Å². The Balaban J connectivity index is 2.39. The van der Waals surface area contributed by atoms with E-state index in [1.807, 2.05) is 6.07 Å². The Morgan fingerprint density at radius 2 is 2.05 bits per heavy atom. The summed E-state index contributed by atoms with van der Waals surface area (Å²) in [5, 5.41) is 3.70. The summed E-state index contributed by atoms with van der Waals surface area (Å²) in [5.41, 5.74) is -3.21. The van der Waals surface area contributed by atoms with Gasteiger partial charge in [-0.2, -0.15) is 13.2 Å². The summed E-state index contributed by atoms with van der Waals surface area (Å²) in [6, 6.07) is 5.31. The van der Waals surface area contributed by atoms with Crippen molar-refractivity contribution in [3.63, 3.8) is 0 Å². The summed E-state index contributed by atoms with van der Waals surface area (Å²) >= 11 is 5.96. The largest absolute Gasteiger partial charge is 0.491 e. The zero-order chi connectivity index (χ0) is 15.9. The Morgan fingerprint density at radius 1 is 1.33 bits per heavy atom. The van der Waals surface area contributed by atoms with Gasteiger partial charge in [-0.25, -0.2) is 0 Å². The topological polar surface area (TPSA) is 21.3 Å². The lowest BCUT2D eigenvalue weighted by Crippen LogP contribution is -2.18. The molecule has 0 saturated carbocycles. The van der Waals surface area contributed by atoms with Crippen LogP contribution >= 0.6 is 23.4 Å². The van der Waals surface area contributed by atoms with Crippen molar-refractivity contribution in [3.05, 3.63) is 28.8 Å². The highest BCUT2D eigenvalue weighted by molar-refractivity contribution is 8.00. The molecule has 2 nitrogen and oxygen atoms in total. The summed E-state index contributed by atoms with van der Waals surface area (Å²) in [7, 11) is 0. The van der Waals surface area contributed by atoms with E-state index in [1.165, 1.54) is 0 Å². The first-order valence-corrected chi connectivity index (χ1v) is 7.97. The van der Waals surface area contributed by atoms with Crippen LogP contribution in [0.4, 0.5) is 13.2 Å². The van der Waals surface area contributed by atoms with Crippen molar-refractivity contribution in [1.29, 1.82) is 0 Å². The van der Waals surface area contributed by atoms with Crippen LogP contribution in [-0.2, 0) is 6.54 Å². The molecule has 0 bridgehead atoms. The molecular formula is C14H19ClF3NOS. The molecule has 0 unspecified atom stereocenters. The van der Waals surface area contributed by atoms with Crippen LogP contribution in [0, 0.1) is 5.92 Å². The minimum absolute atomic E-state index is 0.0329. The lowest BCUT2D eigenvalue weighted by molar-refractivity contribution is -0.0329. The van der Waals surface area contributed by atoms with Crippen LogP contribution in [0.1, 0.15) is 19.4 Å². The molecule has 0 fully saturated rings. The van der Waals surface area contributed by atoms with Gasteiger partial charge in [0.2, 0.25) is 0 Å². The first-order valence-electron chi connectivity index (χ1n) is 6.60. The van der Waals surface area contributed by atoms with Gasteiger partial charge in [-0.05, 0) is 41.9 Å². The maximum absolute atomic E-state index is 12.0. The monoisotopic (exact) mass is 341 g/mol. The molecule has 0 aliphatic rings. The molecule has 0 aliphatic carbocycles. The second-order valence-corrected chi connectivity index (χ2v) is 6.50. The number of thioether (sulfide) groups is 1. The maximum Gasteiger partial charge on any atom is 0.441 e. The molecule has 1 aromatic carbocycles. The fourth-order valence-electron chi connectivity index (χ4n) is 1.59. The van der Waals surface area contributed by atoms with E-state index < -0.39 is 5.51 Å². The van der Waals surface area contributed by atoms with Crippen molar-refractivity contribution in [2.75, 3.05) is 18.9 Å². The highest BCUT2D eigenvalue weighted by atomic mass is 35.5. The number of rotatable bonds is 8. The van der Waals surface area contributed by atoms with Crippen molar-refractivity contribution >= 4 is 23.4 Å². The zero-order valence-electron chi connectivity index (χ0n) is 12.0. The minimum atomic E-state index is -4.22. The van der Waals surface area contributed by atoms with Gasteiger partial charge in [0.05, 0.1) is 11.6 Å². The number of nitrogens with one attached hydrogen (secondary N) is 1. The number of alkyl halides is 3. The van der Waals surface area contributed by atoms with E-state index in [2.05, 4.69) is 19.2 Å². The number of ether oxygens (including phenoxy) is 1. The molecule has 0 aliphatic heterocycles. The van der Waals surface area contributed by atoms with Crippen molar-refractivity contribution < 1.29 is 17.9 Å². The molecule has 21 heavy (non-hydrogen) atoms. The molecule has 1 rings (SSSR count). The molecule has 0 aromatic heterocycles. The van der Waals surface area contributed by atoms with Gasteiger partial charge in [0.15, 0.2) is 0 Å². The van der Waals surface area contributed by atoms with E-state index in [1.54, 1.807) is 12.1 Å². The fourth-order valence-corrected chi connectivity index (χ4v) is 2.24. The molecule has 1 aromatic rings. The summed E-state index contributed by atoms with van der Waals surface area (Å²) in [6.45, 7) is 5.81. The summed E-state index contributed by atoms with van der Waals surface area (Å²) in [4.78, 5) is 0. The van der Waals surface area contributed by atoms with Gasteiger partial charge in [0, 0.05) is 12.3 Å². The third-order valence-electron chi connectivity index (χ3n) is 2.48. The average Bonchev–Trinajstić information content (AvgIpc) is 2.35. The number of halogens is 4. The summed E-state index contributed by atoms with van der Waals surface area (Å²) in [6.07, 6.45) is 0. The molecule has 0 radical (unpaired) electrons. The van der Waals surface area contributed by atoms with Gasteiger partial charge >= 0.3 is 5.51 Å². The standard InChI is InChI=1S/C14H19ClF3NOS/c1-10(2)8-19-9-11-3-4-13(12(15)7-11)20-5-6-21-14(16,17)18/h3-4,7,10,19H,5-6,8-9H2,1-2H3. The van der Waals surface area contributed by atoms with Gasteiger partial charge in [-0.3, -0.25) is 0 Å². The number of benzene rings is 1. The first kappa shape index (κ1) is 18.5. The highest BCUT2D eigenvalue weighted by Crippen LogP contribution is 2.30. The molecule has 0 atom stereocenters. The maximum atomic E-state index is 12.0. The SMILES string of the molecule is CC(C)CNCc1ccc(OCCSC(F)(F)F)c(Cl)c1. The van der Waals surface area contributed by atoms with E-state index in [9.17, 15) is 13.2 Å². The van der Waals surface area contributed by atoms with Gasteiger partial charge < -0.3 is 10.1 Å². The minimum Gasteiger partial charge on any atom is -0.491 e. The van der Waals surface area contributed by atoms with E-state index in [-0.39, 0.29) is 24.1 Å². The van der Waals surface area contributed by atoms with Gasteiger partial charge in [-0.15, -0.1) is 0 Å². The number of hydrogen-bond acceptors (Lipinski definition) is 3. The molecule has 7 heteroatoms. The highest BCUT2D eigenvalue weighted by Gasteiger charge is 2.27. The second-order valence-electron chi connectivity index (χ2n) is 4.93. The Hall–Kier alpha value is -0.590. The zero-order valence-corrected chi connectivity index (χ0v) is 13.5. The molecule has 1 N–H and O–H groups in total. The van der Waals surface area contributed by atoms with Crippen LogP contribution in [0.25, 0.3) is 0 Å². The van der Waals surface area contributed by atoms with Crippen LogP contribution < -0.4 is 10.1 Å². The predicted octanol–water partition coefficient (Wildman–Crippen LogP) is 4.72. The van der Waals surface area contributed by atoms with Crippen LogP contribution in [0.15, 0.2) is 18.2 Å². The van der Waals surface area contributed by atoms with Gasteiger partial charge in [-0.1, -0.05) is 31.5 Å². The van der Waals surface area contributed by atoms with Crippen molar-refractivity contribution in [3.8, 4) is 5.75 Å². The van der Waals surface area contributed by atoms with E-state index >= 15 is 0 Å². The van der Waals surface area contributed by atoms with Crippen molar-refractivity contribution in [2.45, 2.75) is 25.9 Å². The van der Waals surface area contributed by atoms with Crippen molar-refractivity contribution in [2.24, 2.45) is 5.92 Å². The Kier molecular flexibility index (Phi) is 7.70. The van der Waals surface area contributed by atoms with Crippen LogP contribution in [0.3, 0.4) is 0 Å². The first-order chi connectivity index (χ1) is 9.78. The molecule has 0 heterocycles. The van der Waals surface area contributed by atoms with E-state index in [4.69, 9.17) is 16.3 Å². The molecule has 0 spiro atoms. The normalized spacial score (nSPS) is 12.0. The summed E-state index contributed by atoms with van der Waals surface area (Å²) < 4.78 is 41.1. The lowest BCUT2D eigenvalue weighted by atomic mass is 10.2. The predicted molar refractivity (Wildman–Crippen MR) is 82.0 cm³/mol. The van der Waals surface area contributed by atoms with Crippen LogP contribution in [0.2, 0.25) is 5.02 Å². The molecule has 0 amide bonds. The molecule has 120 valence electrons. The number of hydrogen-bond donors (Lipinski definition) is 1. The third kappa shape index (κ3) is 8.44. The summed E-state index contributed by atoms with van der Waals surface area (Å²) in [5.74, 6) is 0.818. The van der Waals surface area contributed by atoms with Crippen LogP contribution in [-0.4, -0.2) is 24.4 Å². The second kappa shape index (κ2) is 8.76. The Labute approximate surface area is 132 Å². The fraction of sp³-hybridized carbons (Fsp3) is 0.571. The van der Waals surface area contributed by atoms with E-state index in [0.717, 1.165) is 12.1 Å². The van der Waals surface area contributed by atoms with E-state index in [0.29, 0.717) is 23.2 Å². The Morgan fingerprint density at radius 3 is 2.62 bits per heavy atom. The Bertz CT molecular complexity index is 441. The van der Waals surface area contributed by atoms with Crippen molar-refractivity contribution in [1.82, 2.24) is 5.32 Å². The van der Waals surface area contributed by atoms with Gasteiger partial charge in [0.1, 0.15) is 5.75 Å². The lowest BCUT2D eigenvalue weighted by Gasteiger charge is -2.11. The third-order valence-corrected chi connectivity index (χ3v) is 3.48. The quantitative estimate of drug-likeness (QED) is 0.691. The van der Waals surface area contributed by atoms with Gasteiger partial charge in [0.25, 0.3) is 0 Å². The molecular weight excluding hydrogens is 323 g/mol. The average molecular weight is 342 g/mol. The smallest absolute Gasteiger partial charge is 0.441 e.